The van der Waals surface area contributed by atoms with Gasteiger partial charge in [-0.2, -0.15) is 0 Å². The van der Waals surface area contributed by atoms with Crippen LogP contribution in [0.3, 0.4) is 0 Å². The van der Waals surface area contributed by atoms with Crippen LogP contribution in [0.15, 0.2) is 59.9 Å². The number of nitrogens with one attached hydrogen (secondary N) is 2. The highest BCUT2D eigenvalue weighted by molar-refractivity contribution is 7.92. The second kappa shape index (κ2) is 9.88. The van der Waals surface area contributed by atoms with E-state index < -0.39 is 26.6 Å². The predicted octanol–water partition coefficient (Wildman–Crippen LogP) is 5.28. The molecule has 0 saturated heterocycles. The van der Waals surface area contributed by atoms with Crippen LogP contribution in [0.4, 0.5) is 26.2 Å². The maximum absolute atomic E-state index is 14.1. The summed E-state index contributed by atoms with van der Waals surface area (Å²) in [5, 5.41) is 2.91. The van der Waals surface area contributed by atoms with E-state index >= 15 is 0 Å². The van der Waals surface area contributed by atoms with E-state index in [1.807, 2.05) is 13.0 Å². The molecule has 0 unspecified atom stereocenters. The molecule has 1 aromatic carbocycles. The number of nitrogens with zero attached hydrogens (tertiary/aromatic N) is 4. The molecule has 2 N–H and O–H groups in total. The molecule has 3 aromatic heterocycles. The number of benzene rings is 1. The Morgan fingerprint density at radius 2 is 1.80 bits per heavy atom. The molecule has 0 aliphatic heterocycles. The third-order valence-electron chi connectivity index (χ3n) is 5.10. The molecule has 12 heteroatoms. The summed E-state index contributed by atoms with van der Waals surface area (Å²) in [5.74, 6) is -1.28. The number of hydrogen-bond donors (Lipinski definition) is 2. The number of anilines is 3. The van der Waals surface area contributed by atoms with Crippen LogP contribution in [-0.2, 0) is 16.4 Å². The molecule has 0 atom stereocenters. The largest absolute Gasteiger partial charge is 0.309 e. The fourth-order valence-corrected chi connectivity index (χ4v) is 4.78. The zero-order valence-corrected chi connectivity index (χ0v) is 20.1. The molecule has 4 rings (SSSR count). The van der Waals surface area contributed by atoms with Gasteiger partial charge in [-0.3, -0.25) is 4.72 Å². The van der Waals surface area contributed by atoms with Gasteiger partial charge >= 0.3 is 0 Å². The van der Waals surface area contributed by atoms with E-state index in [0.29, 0.717) is 34.5 Å². The standard InChI is InChI=1S/C23H19ClF2N6O2S/c1-3-16-7-9-28-23(30-16)31-20-10-14(6-8-27-20)17-12-29-22(24)21(13(17)2)32-35(33,34)19-5-4-15(25)11-18(19)26/h4-12,32H,3H2,1-2H3,(H,27,28,30,31). The van der Waals surface area contributed by atoms with Crippen LogP contribution < -0.4 is 10.0 Å². The Morgan fingerprint density at radius 3 is 2.54 bits per heavy atom. The highest BCUT2D eigenvalue weighted by Gasteiger charge is 2.23. The molecule has 0 amide bonds. The Labute approximate surface area is 205 Å². The zero-order chi connectivity index (χ0) is 25.2. The average Bonchev–Trinajstić information content (AvgIpc) is 2.82. The summed E-state index contributed by atoms with van der Waals surface area (Å²) in [4.78, 5) is 16.2. The minimum atomic E-state index is -4.42. The van der Waals surface area contributed by atoms with Crippen LogP contribution in [0.2, 0.25) is 5.15 Å². The van der Waals surface area contributed by atoms with Crippen LogP contribution in [0, 0.1) is 18.6 Å². The monoisotopic (exact) mass is 516 g/mol. The number of hydrogen-bond acceptors (Lipinski definition) is 7. The van der Waals surface area contributed by atoms with Crippen molar-refractivity contribution >= 4 is 39.1 Å². The van der Waals surface area contributed by atoms with Crippen molar-refractivity contribution in [3.8, 4) is 11.1 Å². The minimum absolute atomic E-state index is 0.0295. The molecule has 8 nitrogen and oxygen atoms in total. The highest BCUT2D eigenvalue weighted by atomic mass is 35.5. The van der Waals surface area contributed by atoms with Crippen molar-refractivity contribution in [3.63, 3.8) is 0 Å². The van der Waals surface area contributed by atoms with E-state index in [-0.39, 0.29) is 10.8 Å². The van der Waals surface area contributed by atoms with E-state index in [0.717, 1.165) is 24.2 Å². The summed E-state index contributed by atoms with van der Waals surface area (Å²) in [6.07, 6.45) is 5.45. The fourth-order valence-electron chi connectivity index (χ4n) is 3.30. The van der Waals surface area contributed by atoms with Gasteiger partial charge in [0.1, 0.15) is 22.3 Å². The molecule has 0 fully saturated rings. The predicted molar refractivity (Wildman–Crippen MR) is 129 cm³/mol. The van der Waals surface area contributed by atoms with Crippen LogP contribution in [0.25, 0.3) is 11.1 Å². The van der Waals surface area contributed by atoms with Gasteiger partial charge in [0.25, 0.3) is 10.0 Å². The van der Waals surface area contributed by atoms with Gasteiger partial charge in [-0.05, 0) is 54.8 Å². The number of aromatic nitrogens is 4. The van der Waals surface area contributed by atoms with Crippen molar-refractivity contribution in [2.24, 2.45) is 0 Å². The first-order valence-corrected chi connectivity index (χ1v) is 12.2. The molecular formula is C23H19ClF2N6O2S. The molecule has 0 radical (unpaired) electrons. The van der Waals surface area contributed by atoms with E-state index in [4.69, 9.17) is 11.6 Å². The molecule has 0 aliphatic rings. The smallest absolute Gasteiger partial charge is 0.264 e. The van der Waals surface area contributed by atoms with Crippen molar-refractivity contribution in [2.45, 2.75) is 25.2 Å². The molecule has 3 heterocycles. The molecular weight excluding hydrogens is 498 g/mol. The Hall–Kier alpha value is -3.70. The van der Waals surface area contributed by atoms with E-state index in [9.17, 15) is 17.2 Å². The number of rotatable bonds is 7. The molecule has 180 valence electrons. The Morgan fingerprint density at radius 1 is 1.03 bits per heavy atom. The van der Waals surface area contributed by atoms with Gasteiger partial charge in [0.05, 0.1) is 5.69 Å². The summed E-state index contributed by atoms with van der Waals surface area (Å²) in [5.41, 5.74) is 2.49. The average molecular weight is 517 g/mol. The van der Waals surface area contributed by atoms with Gasteiger partial charge < -0.3 is 5.32 Å². The Bertz CT molecular complexity index is 1520. The maximum Gasteiger partial charge on any atom is 0.264 e. The Kier molecular flexibility index (Phi) is 6.90. The summed E-state index contributed by atoms with van der Waals surface area (Å²) in [7, 11) is -4.42. The normalized spacial score (nSPS) is 11.3. The Balaban J connectivity index is 1.68. The number of aryl methyl sites for hydroxylation is 1. The first kappa shape index (κ1) is 24.4. The molecule has 35 heavy (non-hydrogen) atoms. The summed E-state index contributed by atoms with van der Waals surface area (Å²) in [6, 6.07) is 7.43. The molecule has 0 saturated carbocycles. The lowest BCUT2D eigenvalue weighted by atomic mass is 10.0. The van der Waals surface area contributed by atoms with Crippen molar-refractivity contribution in [3.05, 3.63) is 83.0 Å². The van der Waals surface area contributed by atoms with Crippen LogP contribution in [0.5, 0.6) is 0 Å². The molecule has 0 bridgehead atoms. The van der Waals surface area contributed by atoms with E-state index in [1.54, 1.807) is 31.5 Å². The van der Waals surface area contributed by atoms with Crippen LogP contribution >= 0.6 is 11.6 Å². The summed E-state index contributed by atoms with van der Waals surface area (Å²) < 4.78 is 55.2. The minimum Gasteiger partial charge on any atom is -0.309 e. The lowest BCUT2D eigenvalue weighted by Crippen LogP contribution is -2.16. The molecule has 0 aliphatic carbocycles. The third kappa shape index (κ3) is 5.36. The number of sulfonamides is 1. The van der Waals surface area contributed by atoms with Gasteiger partial charge in [0.15, 0.2) is 5.15 Å². The molecule has 4 aromatic rings. The van der Waals surface area contributed by atoms with Crippen molar-refractivity contribution in [1.29, 1.82) is 0 Å². The number of halogens is 3. The van der Waals surface area contributed by atoms with Gasteiger partial charge in [0.2, 0.25) is 5.95 Å². The second-order valence-corrected chi connectivity index (χ2v) is 9.43. The SMILES string of the molecule is CCc1ccnc(Nc2cc(-c3cnc(Cl)c(NS(=O)(=O)c4ccc(F)cc4F)c3C)ccn2)n1. The lowest BCUT2D eigenvalue weighted by molar-refractivity contribution is 0.551. The van der Waals surface area contributed by atoms with Gasteiger partial charge in [-0.1, -0.05) is 18.5 Å². The second-order valence-electron chi connectivity index (χ2n) is 7.42. The summed E-state index contributed by atoms with van der Waals surface area (Å²) in [6.45, 7) is 3.63. The van der Waals surface area contributed by atoms with E-state index in [2.05, 4.69) is 30.0 Å². The first-order valence-electron chi connectivity index (χ1n) is 10.4. The van der Waals surface area contributed by atoms with Crippen molar-refractivity contribution in [1.82, 2.24) is 19.9 Å². The third-order valence-corrected chi connectivity index (χ3v) is 6.77. The van der Waals surface area contributed by atoms with Gasteiger partial charge in [-0.15, -0.1) is 0 Å². The van der Waals surface area contributed by atoms with Crippen molar-refractivity contribution < 1.29 is 17.2 Å². The van der Waals surface area contributed by atoms with Crippen LogP contribution in [0.1, 0.15) is 18.2 Å². The zero-order valence-electron chi connectivity index (χ0n) is 18.6. The van der Waals surface area contributed by atoms with E-state index in [1.165, 1.54) is 6.20 Å². The van der Waals surface area contributed by atoms with Crippen molar-refractivity contribution in [2.75, 3.05) is 10.0 Å². The first-order chi connectivity index (χ1) is 16.7. The number of pyridine rings is 2. The fraction of sp³-hybridized carbons (Fsp3) is 0.130. The van der Waals surface area contributed by atoms with Gasteiger partial charge in [-0.25, -0.2) is 37.1 Å². The summed E-state index contributed by atoms with van der Waals surface area (Å²) >= 11 is 6.18. The van der Waals surface area contributed by atoms with Crippen LogP contribution in [-0.4, -0.2) is 28.4 Å². The lowest BCUT2D eigenvalue weighted by Gasteiger charge is -2.16. The van der Waals surface area contributed by atoms with Gasteiger partial charge in [0, 0.05) is 35.9 Å². The molecule has 0 spiro atoms. The maximum atomic E-state index is 14.1. The quantitative estimate of drug-likeness (QED) is 0.321. The highest BCUT2D eigenvalue weighted by Crippen LogP contribution is 2.34. The topological polar surface area (TPSA) is 110 Å².